The molecule has 0 spiro atoms. The van der Waals surface area contributed by atoms with Crippen molar-refractivity contribution in [3.8, 4) is 0 Å². The van der Waals surface area contributed by atoms with Crippen LogP contribution >= 0.6 is 0 Å². The van der Waals surface area contributed by atoms with Crippen LogP contribution in [0.15, 0.2) is 23.6 Å². The normalized spacial score (nSPS) is 12.6. The number of rotatable bonds is 3. The molecule has 2 aromatic heterocycles. The predicted octanol–water partition coefficient (Wildman–Crippen LogP) is 0.963. The van der Waals surface area contributed by atoms with Gasteiger partial charge in [0, 0.05) is 25.5 Å². The van der Waals surface area contributed by atoms with E-state index >= 15 is 0 Å². The van der Waals surface area contributed by atoms with Crippen LogP contribution in [-0.2, 0) is 23.2 Å². The highest BCUT2D eigenvalue weighted by Crippen LogP contribution is 2.30. The lowest BCUT2D eigenvalue weighted by Crippen LogP contribution is -2.15. The van der Waals surface area contributed by atoms with E-state index < -0.39 is 32.9 Å². The summed E-state index contributed by atoms with van der Waals surface area (Å²) in [5, 5.41) is 3.03. The predicted molar refractivity (Wildman–Crippen MR) is 57.6 cm³/mol. The Kier molecular flexibility index (Phi) is 3.00. The number of nitrogens with zero attached hydrogens (tertiary/aromatic N) is 3. The average Bonchev–Trinajstić information content (AvgIpc) is 2.85. The summed E-state index contributed by atoms with van der Waals surface area (Å²) < 4.78 is 63.4. The van der Waals surface area contributed by atoms with Crippen LogP contribution < -0.4 is 4.72 Å². The highest BCUT2D eigenvalue weighted by molar-refractivity contribution is 7.92. The molecule has 2 aromatic rings. The first-order valence-corrected chi connectivity index (χ1v) is 6.32. The largest absolute Gasteiger partial charge is 0.433 e. The molecule has 0 saturated heterocycles. The molecular formula is C8H8F3N5O2S. The van der Waals surface area contributed by atoms with Gasteiger partial charge in [0.25, 0.3) is 10.0 Å². The smallest absolute Gasteiger partial charge is 0.334 e. The van der Waals surface area contributed by atoms with E-state index in [0.29, 0.717) is 10.7 Å². The number of anilines is 1. The summed E-state index contributed by atoms with van der Waals surface area (Å²) in [5.41, 5.74) is -1.07. The van der Waals surface area contributed by atoms with Crippen LogP contribution in [0.5, 0.6) is 0 Å². The molecule has 0 radical (unpaired) electrons. The lowest BCUT2D eigenvalue weighted by Gasteiger charge is -2.04. The van der Waals surface area contributed by atoms with Gasteiger partial charge in [-0.3, -0.25) is 9.40 Å². The first-order valence-electron chi connectivity index (χ1n) is 4.83. The van der Waals surface area contributed by atoms with Crippen LogP contribution in [0.25, 0.3) is 0 Å². The summed E-state index contributed by atoms with van der Waals surface area (Å²) >= 11 is 0. The van der Waals surface area contributed by atoms with E-state index in [-0.39, 0.29) is 0 Å². The maximum absolute atomic E-state index is 12.5. The van der Waals surface area contributed by atoms with Gasteiger partial charge in [-0.25, -0.2) is 4.98 Å². The summed E-state index contributed by atoms with van der Waals surface area (Å²) in [6.07, 6.45) is -2.14. The molecule has 7 nitrogen and oxygen atoms in total. The standard InChI is InChI=1S/C8H8F3N5O2S/c1-16-5(8(9,10)11)4-6(14-16)15-19(17,18)7-12-2-3-13-7/h2-4H,1H3,(H,12,13)(H,14,15). The Morgan fingerprint density at radius 1 is 1.42 bits per heavy atom. The van der Waals surface area contributed by atoms with Gasteiger partial charge < -0.3 is 4.98 Å². The van der Waals surface area contributed by atoms with Crippen LogP contribution in [0.2, 0.25) is 0 Å². The topological polar surface area (TPSA) is 92.7 Å². The summed E-state index contributed by atoms with van der Waals surface area (Å²) in [4.78, 5) is 5.83. The summed E-state index contributed by atoms with van der Waals surface area (Å²) in [6.45, 7) is 0. The Morgan fingerprint density at radius 2 is 2.11 bits per heavy atom. The van der Waals surface area contributed by atoms with Gasteiger partial charge in [-0.2, -0.15) is 26.7 Å². The zero-order valence-corrected chi connectivity index (χ0v) is 10.2. The van der Waals surface area contributed by atoms with Crippen LogP contribution in [0.3, 0.4) is 0 Å². The van der Waals surface area contributed by atoms with Crippen molar-refractivity contribution in [1.29, 1.82) is 0 Å². The fourth-order valence-electron chi connectivity index (χ4n) is 1.37. The molecule has 0 bridgehead atoms. The van der Waals surface area contributed by atoms with Crippen molar-refractivity contribution in [1.82, 2.24) is 19.7 Å². The number of alkyl halides is 3. The summed E-state index contributed by atoms with van der Waals surface area (Å²) in [5.74, 6) is -0.439. The minimum Gasteiger partial charge on any atom is -0.334 e. The second-order valence-electron chi connectivity index (χ2n) is 3.54. The number of hydrogen-bond donors (Lipinski definition) is 2. The monoisotopic (exact) mass is 295 g/mol. The minimum absolute atomic E-state index is 0.410. The SMILES string of the molecule is Cn1nc(NS(=O)(=O)c2ncc[nH]2)cc1C(F)(F)F. The van der Waals surface area contributed by atoms with Crippen molar-refractivity contribution in [3.05, 3.63) is 24.2 Å². The fourth-order valence-corrected chi connectivity index (χ4v) is 2.26. The van der Waals surface area contributed by atoms with Crippen molar-refractivity contribution < 1.29 is 21.6 Å². The maximum atomic E-state index is 12.5. The summed E-state index contributed by atoms with van der Waals surface area (Å²) in [6, 6.07) is 0.598. The number of hydrogen-bond acceptors (Lipinski definition) is 4. The summed E-state index contributed by atoms with van der Waals surface area (Å²) in [7, 11) is -3.02. The van der Waals surface area contributed by atoms with Gasteiger partial charge in [-0.1, -0.05) is 0 Å². The first kappa shape index (κ1) is 13.4. The van der Waals surface area contributed by atoms with Crippen LogP contribution in [-0.4, -0.2) is 28.2 Å². The lowest BCUT2D eigenvalue weighted by atomic mass is 10.4. The Hall–Kier alpha value is -2.04. The van der Waals surface area contributed by atoms with Crippen molar-refractivity contribution in [2.75, 3.05) is 4.72 Å². The molecule has 0 atom stereocenters. The molecule has 0 unspecified atom stereocenters. The van der Waals surface area contributed by atoms with Gasteiger partial charge in [0.15, 0.2) is 5.82 Å². The van der Waals surface area contributed by atoms with Crippen molar-refractivity contribution >= 4 is 15.8 Å². The Balaban J connectivity index is 2.31. The third-order valence-electron chi connectivity index (χ3n) is 2.14. The van der Waals surface area contributed by atoms with Crippen molar-refractivity contribution in [2.45, 2.75) is 11.3 Å². The van der Waals surface area contributed by atoms with Gasteiger partial charge in [-0.05, 0) is 0 Å². The van der Waals surface area contributed by atoms with E-state index in [1.807, 2.05) is 4.72 Å². The number of sulfonamides is 1. The molecule has 11 heteroatoms. The number of aryl methyl sites for hydroxylation is 1. The molecular weight excluding hydrogens is 287 g/mol. The second-order valence-corrected chi connectivity index (χ2v) is 5.13. The molecule has 0 aliphatic rings. The second kappa shape index (κ2) is 4.26. The van der Waals surface area contributed by atoms with E-state index in [9.17, 15) is 21.6 Å². The van der Waals surface area contributed by atoms with E-state index in [1.165, 1.54) is 12.4 Å². The zero-order valence-electron chi connectivity index (χ0n) is 9.43. The molecule has 2 rings (SSSR count). The highest BCUT2D eigenvalue weighted by atomic mass is 32.2. The third-order valence-corrected chi connectivity index (χ3v) is 3.35. The molecule has 0 amide bonds. The maximum Gasteiger partial charge on any atom is 0.433 e. The van der Waals surface area contributed by atoms with Gasteiger partial charge >= 0.3 is 6.18 Å². The lowest BCUT2D eigenvalue weighted by molar-refractivity contribution is -0.143. The third kappa shape index (κ3) is 2.70. The molecule has 2 heterocycles. The average molecular weight is 295 g/mol. The molecule has 19 heavy (non-hydrogen) atoms. The fraction of sp³-hybridized carbons (Fsp3) is 0.250. The molecule has 0 saturated carbocycles. The number of H-pyrrole nitrogens is 1. The number of aromatic amines is 1. The van der Waals surface area contributed by atoms with Crippen LogP contribution in [0.1, 0.15) is 5.69 Å². The van der Waals surface area contributed by atoms with Gasteiger partial charge in [0.05, 0.1) is 0 Å². The van der Waals surface area contributed by atoms with Crippen LogP contribution in [0, 0.1) is 0 Å². The molecule has 104 valence electrons. The molecule has 2 N–H and O–H groups in total. The van der Waals surface area contributed by atoms with Crippen molar-refractivity contribution in [2.24, 2.45) is 7.05 Å². The quantitative estimate of drug-likeness (QED) is 0.882. The Labute approximate surface area is 105 Å². The van der Waals surface area contributed by atoms with Gasteiger partial charge in [0.1, 0.15) is 5.69 Å². The molecule has 0 aliphatic heterocycles. The van der Waals surface area contributed by atoms with Gasteiger partial charge in [-0.15, -0.1) is 0 Å². The van der Waals surface area contributed by atoms with E-state index in [2.05, 4.69) is 15.1 Å². The van der Waals surface area contributed by atoms with Gasteiger partial charge in [0.2, 0.25) is 5.16 Å². The minimum atomic E-state index is -4.61. The number of nitrogens with one attached hydrogen (secondary N) is 2. The molecule has 0 fully saturated rings. The Morgan fingerprint density at radius 3 is 2.58 bits per heavy atom. The highest BCUT2D eigenvalue weighted by Gasteiger charge is 2.35. The van der Waals surface area contributed by atoms with Crippen molar-refractivity contribution in [3.63, 3.8) is 0 Å². The zero-order chi connectivity index (χ0) is 14.3. The molecule has 0 aliphatic carbocycles. The number of imidazole rings is 1. The van der Waals surface area contributed by atoms with E-state index in [4.69, 9.17) is 0 Å². The van der Waals surface area contributed by atoms with E-state index in [1.54, 1.807) is 0 Å². The van der Waals surface area contributed by atoms with E-state index in [0.717, 1.165) is 7.05 Å². The Bertz CT molecular complexity index is 674. The first-order chi connectivity index (χ1) is 8.70. The molecule has 0 aromatic carbocycles. The van der Waals surface area contributed by atoms with Crippen LogP contribution in [0.4, 0.5) is 19.0 Å². The number of aromatic nitrogens is 4. The number of halogens is 3.